The first-order valence-corrected chi connectivity index (χ1v) is 46.2. The minimum Gasteiger partial charge on any atom is -0.495 e. The predicted molar refractivity (Wildman–Crippen MR) is 534 cm³/mol. The molecule has 5 amide bonds. The molecule has 36 nitrogen and oxygen atoms in total. The van der Waals surface area contributed by atoms with Crippen LogP contribution in [0.15, 0.2) is 237 Å². The lowest BCUT2D eigenvalue weighted by Gasteiger charge is -2.24. The highest BCUT2D eigenvalue weighted by atomic mass is 19.3. The number of ether oxygens (including phenoxy) is 6. The molecule has 760 valence electrons. The molecule has 15 aromatic rings. The molecule has 10 heterocycles. The van der Waals surface area contributed by atoms with Gasteiger partial charge in [-0.15, -0.1) is 57.4 Å². The Labute approximate surface area is 831 Å². The summed E-state index contributed by atoms with van der Waals surface area (Å²) in [6, 6.07) is 62.1. The van der Waals surface area contributed by atoms with E-state index >= 15 is 0 Å². The van der Waals surface area contributed by atoms with Crippen LogP contribution in [0.4, 0.5) is 17.6 Å². The van der Waals surface area contributed by atoms with Crippen LogP contribution in [0, 0.1) is 26.2 Å². The first-order chi connectivity index (χ1) is 68.1. The molecule has 15 N–H and O–H groups in total. The Kier molecular flexibility index (Phi) is 37.2. The first-order valence-electron chi connectivity index (χ1n) is 46.2. The maximum Gasteiger partial charge on any atom is 0.271 e. The molecule has 0 aliphatic heterocycles. The molecule has 0 fully saturated rings. The Balaban J connectivity index is 0.000000172. The highest BCUT2D eigenvalue weighted by Crippen LogP contribution is 2.32. The highest BCUT2D eigenvalue weighted by molar-refractivity contribution is 5.87. The first kappa shape index (κ1) is 110. The van der Waals surface area contributed by atoms with Crippen LogP contribution in [-0.4, -0.2) is 170 Å². The van der Waals surface area contributed by atoms with Crippen LogP contribution in [0.2, 0.25) is 0 Å². The molecule has 0 unspecified atom stereocenters. The van der Waals surface area contributed by atoms with Gasteiger partial charge in [0.1, 0.15) is 36.0 Å². The number of hydrogen-bond acceptors (Lipinski definition) is 26. The second-order valence-corrected chi connectivity index (χ2v) is 37.6. The SMILES string of the molecule is C#Cc1ccc2nnc([C@@H](COCc3ccccc3)NC(=O)C(C)(C)N)n2c1.CC(C)(N)C(=O)N[C@H](COCc1ccccc1)c1nnc2ccc(C(C)(F)F)cn12.COc1ccc2nnc([C@@H](COCc3ccccc3)NC(=O)C(C)(C)N)n2c1.Cc1cc(C(C)(F)F)cc2nnc([C@@H](COCc3ccccc3)NC(=O)C(C)(C)N)n12.Cc1ccc2nnc([C@@H](COCc3ccccc3)NC(=O)C(C)(C)N)n2c1. The summed E-state index contributed by atoms with van der Waals surface area (Å²) in [5, 5.41) is 56.1. The van der Waals surface area contributed by atoms with E-state index in [0.29, 0.717) is 95.9 Å². The molecule has 5 atom stereocenters. The van der Waals surface area contributed by atoms with Crippen molar-refractivity contribution in [2.75, 3.05) is 40.1 Å². The fourth-order valence-corrected chi connectivity index (χ4v) is 13.8. The summed E-state index contributed by atoms with van der Waals surface area (Å²) in [5.74, 6) is -2.17. The number of alkyl halides is 4. The van der Waals surface area contributed by atoms with E-state index in [0.717, 1.165) is 47.2 Å². The molecule has 0 saturated heterocycles. The third-order valence-corrected chi connectivity index (χ3v) is 22.0. The normalized spacial score (nSPS) is 13.0. The Hall–Kier alpha value is -14.8. The molecule has 40 heteroatoms. The van der Waals surface area contributed by atoms with E-state index in [9.17, 15) is 41.5 Å². The van der Waals surface area contributed by atoms with Gasteiger partial charge in [0.2, 0.25) is 29.5 Å². The van der Waals surface area contributed by atoms with Crippen molar-refractivity contribution < 1.29 is 70.0 Å². The number of carbonyl (C=O) groups is 5. The molecule has 0 aliphatic carbocycles. The van der Waals surface area contributed by atoms with E-state index < -0.39 is 81.6 Å². The van der Waals surface area contributed by atoms with Crippen LogP contribution in [-0.2, 0) is 92.5 Å². The number of nitrogens with two attached hydrogens (primary N) is 5. The maximum atomic E-state index is 13.8. The second kappa shape index (κ2) is 48.8. The molecule has 0 saturated carbocycles. The molecular weight excluding hydrogens is 1850 g/mol. The molecule has 0 radical (unpaired) electrons. The van der Waals surface area contributed by atoms with E-state index in [2.05, 4.69) is 83.5 Å². The summed E-state index contributed by atoms with van der Waals surface area (Å²) in [7, 11) is 1.59. The zero-order valence-electron chi connectivity index (χ0n) is 83.1. The van der Waals surface area contributed by atoms with Gasteiger partial charge < -0.3 is 83.7 Å². The van der Waals surface area contributed by atoms with Crippen molar-refractivity contribution in [2.24, 2.45) is 28.7 Å². The predicted octanol–water partition coefficient (Wildman–Crippen LogP) is 12.0. The number of methoxy groups -OCH3 is 1. The van der Waals surface area contributed by atoms with Crippen molar-refractivity contribution in [1.82, 2.24) is 99.6 Å². The zero-order valence-corrected chi connectivity index (χ0v) is 83.1. The monoisotopic (exact) mass is 1980 g/mol. The summed E-state index contributed by atoms with van der Waals surface area (Å²) < 4.78 is 98.2. The van der Waals surface area contributed by atoms with Crippen molar-refractivity contribution >= 4 is 57.8 Å². The van der Waals surface area contributed by atoms with Gasteiger partial charge in [0.25, 0.3) is 11.8 Å². The van der Waals surface area contributed by atoms with Crippen molar-refractivity contribution in [1.29, 1.82) is 0 Å². The summed E-state index contributed by atoms with van der Waals surface area (Å²) in [6.45, 7) is 24.3. The molecule has 0 bridgehead atoms. The fourth-order valence-electron chi connectivity index (χ4n) is 13.8. The smallest absolute Gasteiger partial charge is 0.271 e. The fraction of sp³-hybridized carbons (Fsp3) is 0.356. The number of carbonyl (C=O) groups excluding carboxylic acids is 5. The number of nitrogens with one attached hydrogen (secondary N) is 5. The number of hydrogen-bond donors (Lipinski definition) is 10. The number of nitrogens with zero attached hydrogens (tertiary/aromatic N) is 15. The van der Waals surface area contributed by atoms with Crippen LogP contribution >= 0.6 is 0 Å². The summed E-state index contributed by atoms with van der Waals surface area (Å²) >= 11 is 0. The number of fused-ring (bicyclic) bond motifs is 5. The van der Waals surface area contributed by atoms with Crippen LogP contribution in [0.25, 0.3) is 28.2 Å². The Morgan fingerprint density at radius 2 is 0.604 bits per heavy atom. The highest BCUT2D eigenvalue weighted by Gasteiger charge is 2.36. The number of rotatable bonds is 38. The molecular formula is C104H125F4N25O11. The average molecular weight is 1980 g/mol. The lowest BCUT2D eigenvalue weighted by atomic mass is 10.1. The minimum atomic E-state index is -3.03. The summed E-state index contributed by atoms with van der Waals surface area (Å²) in [6.07, 6.45) is 12.2. The third kappa shape index (κ3) is 31.4. The average Bonchev–Trinajstić information content (AvgIpc) is 1.61. The Morgan fingerprint density at radius 3 is 0.910 bits per heavy atom. The minimum absolute atomic E-state index is 0.0598. The lowest BCUT2D eigenvalue weighted by Crippen LogP contribution is -2.51. The van der Waals surface area contributed by atoms with Gasteiger partial charge in [0, 0.05) is 54.8 Å². The topological polar surface area (TPSA) is 482 Å². The van der Waals surface area contributed by atoms with E-state index in [1.54, 1.807) is 133 Å². The van der Waals surface area contributed by atoms with E-state index in [-0.39, 0.29) is 73.4 Å². The Bertz CT molecular complexity index is 6800. The number of benzene rings is 5. The van der Waals surface area contributed by atoms with Gasteiger partial charge in [0.05, 0.1) is 107 Å². The Morgan fingerprint density at radius 1 is 0.333 bits per heavy atom. The van der Waals surface area contributed by atoms with Gasteiger partial charge in [-0.25, -0.2) is 17.6 Å². The van der Waals surface area contributed by atoms with Gasteiger partial charge in [-0.1, -0.05) is 164 Å². The summed E-state index contributed by atoms with van der Waals surface area (Å²) in [5.41, 5.74) is 33.9. The van der Waals surface area contributed by atoms with Gasteiger partial charge in [0.15, 0.2) is 57.4 Å². The summed E-state index contributed by atoms with van der Waals surface area (Å²) in [4.78, 5) is 62.5. The zero-order chi connectivity index (χ0) is 104. The van der Waals surface area contributed by atoms with Crippen LogP contribution in [0.1, 0.15) is 198 Å². The van der Waals surface area contributed by atoms with Gasteiger partial charge >= 0.3 is 0 Å². The second-order valence-electron chi connectivity index (χ2n) is 37.6. The van der Waals surface area contributed by atoms with Crippen LogP contribution in [0.3, 0.4) is 0 Å². The number of aromatic nitrogens is 15. The van der Waals surface area contributed by atoms with E-state index in [1.165, 1.54) is 34.9 Å². The number of aryl methyl sites for hydroxylation is 2. The van der Waals surface area contributed by atoms with Crippen molar-refractivity contribution in [3.8, 4) is 18.1 Å². The number of terminal acetylenes is 1. The molecule has 5 aromatic carbocycles. The van der Waals surface area contributed by atoms with E-state index in [1.807, 2.05) is 181 Å². The number of halogens is 4. The van der Waals surface area contributed by atoms with Gasteiger partial charge in [-0.3, -0.25) is 46.0 Å². The van der Waals surface area contributed by atoms with Gasteiger partial charge in [-0.05, 0) is 171 Å². The van der Waals surface area contributed by atoms with Crippen molar-refractivity contribution in [2.45, 2.75) is 200 Å². The van der Waals surface area contributed by atoms with Gasteiger partial charge in [-0.2, -0.15) is 0 Å². The van der Waals surface area contributed by atoms with Crippen LogP contribution < -0.4 is 60.0 Å². The molecule has 0 spiro atoms. The standard InChI is InChI=1S/C22H27F2N5O2.C21H25F2N5O2.C21H23N5O2.C20H25N5O3.C20H25N5O2/c1-14-10-16(22(4,23)24)11-18-27-28-19(29(14)18)17(26-20(30)21(2,3)25)13-31-12-15-8-6-5-7-9-15;1-20(2,24)19(29)25-16(13-30-12-14-7-5-4-6-8-14)18-27-26-17-10-9-15(11-28(17)18)21(3,22)23;1-4-15-10-11-18-24-25-19(26(18)12-15)17(23-20(27)21(2,3)22)14-28-13-16-8-6-5-7-9-16;1-20(2,21)19(26)22-16(13-28-12-14-7-5-4-6-8-14)18-24-23-17-10-9-15(27-3)11-25(17)18;1-14-9-10-17-23-24-18(25(17)11-14)16(22-19(26)20(2,3)21)13-27-12-15-7-5-4-6-8-15/h5-11,17H,12-13,25H2,1-4H3,(H,26,30);4-11,16H,12-13,24H2,1-3H3,(H,25,29);1,5-12,17H,13-14,22H2,2-3H3,(H,23,27);4-11,16H,12-13,21H2,1-3H3,(H,22,26);4-11,16H,12-13,21H2,1-3H3,(H,22,26)/t17-;16-;17-;2*16-/m11111/s1. The largest absolute Gasteiger partial charge is 0.495 e. The number of amides is 5. The van der Waals surface area contributed by atoms with Crippen molar-refractivity contribution in [3.63, 3.8) is 0 Å². The third-order valence-electron chi connectivity index (χ3n) is 22.0. The number of pyridine rings is 5. The quantitative estimate of drug-likeness (QED) is 0.0127. The van der Waals surface area contributed by atoms with Crippen molar-refractivity contribution in [3.05, 3.63) is 322 Å². The molecule has 144 heavy (non-hydrogen) atoms. The molecule has 15 rings (SSSR count). The maximum absolute atomic E-state index is 13.8. The molecule has 10 aromatic heterocycles. The molecule has 0 aliphatic rings. The van der Waals surface area contributed by atoms with Crippen LogP contribution in [0.5, 0.6) is 5.75 Å². The van der Waals surface area contributed by atoms with E-state index in [4.69, 9.17) is 63.5 Å². The lowest BCUT2D eigenvalue weighted by molar-refractivity contribution is -0.127.